The maximum absolute atomic E-state index is 7.62. The molecule has 0 amide bonds. The Morgan fingerprint density at radius 2 is 2.67 bits per heavy atom. The molecule has 34 valence electrons. The summed E-state index contributed by atoms with van der Waals surface area (Å²) in [6, 6.07) is 0. The van der Waals surface area contributed by atoms with E-state index in [1.807, 2.05) is 4.72 Å². The van der Waals surface area contributed by atoms with Gasteiger partial charge in [0.2, 0.25) is 0 Å². The van der Waals surface area contributed by atoms with Crippen LogP contribution in [0.2, 0.25) is 0 Å². The second-order valence-electron chi connectivity index (χ2n) is 0.372. The molecular formula is CH2N2O2S. The van der Waals surface area contributed by atoms with Crippen LogP contribution in [0.1, 0.15) is 0 Å². The van der Waals surface area contributed by atoms with Gasteiger partial charge in [0, 0.05) is 0 Å². The molecule has 0 fully saturated rings. The average Bonchev–Trinajstić information content (AvgIpc) is 1.61. The van der Waals surface area contributed by atoms with Crippen molar-refractivity contribution in [1.29, 1.82) is 5.26 Å². The second-order valence-corrected chi connectivity index (χ2v) is 0.892. The van der Waals surface area contributed by atoms with Gasteiger partial charge in [-0.3, -0.25) is 0 Å². The Labute approximate surface area is 39.0 Å². The average molecular weight is 106 g/mol. The van der Waals surface area contributed by atoms with E-state index in [-0.39, 0.29) is 0 Å². The minimum atomic E-state index is 0.453. The Balaban J connectivity index is 2.54. The smallest absolute Gasteiger partial charge is 0.189 e. The highest BCUT2D eigenvalue weighted by molar-refractivity contribution is 7.92. The van der Waals surface area contributed by atoms with E-state index in [0.717, 1.165) is 0 Å². The zero-order valence-electron chi connectivity index (χ0n) is 2.71. The third kappa shape index (κ3) is 3.56. The van der Waals surface area contributed by atoms with Crippen molar-refractivity contribution in [3.63, 3.8) is 0 Å². The van der Waals surface area contributed by atoms with E-state index in [1.165, 1.54) is 6.19 Å². The fraction of sp³-hybridized carbons (Fsp3) is 0. The van der Waals surface area contributed by atoms with Crippen molar-refractivity contribution in [2.75, 3.05) is 0 Å². The SMILES string of the molecule is N#CNSOO. The Hall–Kier alpha value is -0.440. The van der Waals surface area contributed by atoms with Crippen LogP contribution in [0.15, 0.2) is 0 Å². The second kappa shape index (κ2) is 4.56. The van der Waals surface area contributed by atoms with Gasteiger partial charge in [-0.1, -0.05) is 0 Å². The lowest BCUT2D eigenvalue weighted by molar-refractivity contribution is -0.117. The summed E-state index contributed by atoms with van der Waals surface area (Å²) in [6.45, 7) is 0. The van der Waals surface area contributed by atoms with Crippen LogP contribution in [-0.2, 0) is 4.33 Å². The van der Waals surface area contributed by atoms with Crippen LogP contribution in [-0.4, -0.2) is 5.26 Å². The summed E-state index contributed by atoms with van der Waals surface area (Å²) in [4.78, 5) is 0. The summed E-state index contributed by atoms with van der Waals surface area (Å²) in [5, 5.41) is 15.1. The van der Waals surface area contributed by atoms with E-state index >= 15 is 0 Å². The van der Waals surface area contributed by atoms with Crippen molar-refractivity contribution in [3.05, 3.63) is 0 Å². The van der Waals surface area contributed by atoms with E-state index in [0.29, 0.717) is 12.2 Å². The molecule has 0 rings (SSSR count). The molecule has 0 aromatic carbocycles. The van der Waals surface area contributed by atoms with Crippen LogP contribution in [0.4, 0.5) is 0 Å². The standard InChI is InChI=1S/CH2N2O2S/c2-1-3-6-5-4/h3-4H. The first-order chi connectivity index (χ1) is 2.91. The zero-order chi connectivity index (χ0) is 4.83. The molecule has 0 aliphatic heterocycles. The molecule has 0 radical (unpaired) electrons. The van der Waals surface area contributed by atoms with Crippen LogP contribution in [0, 0.1) is 11.5 Å². The first-order valence-electron chi connectivity index (χ1n) is 1.03. The summed E-state index contributed by atoms with van der Waals surface area (Å²) in [6.07, 6.45) is 1.50. The van der Waals surface area contributed by atoms with Crippen molar-refractivity contribution < 1.29 is 9.59 Å². The molecule has 6 heavy (non-hydrogen) atoms. The number of hydrogen-bond acceptors (Lipinski definition) is 5. The molecule has 0 saturated heterocycles. The lowest BCUT2D eigenvalue weighted by Gasteiger charge is -1.81. The van der Waals surface area contributed by atoms with E-state index in [4.69, 9.17) is 10.5 Å². The predicted octanol–water partition coefficient (Wildman–Crippen LogP) is 0.110. The van der Waals surface area contributed by atoms with Gasteiger partial charge in [0.1, 0.15) is 0 Å². The summed E-state index contributed by atoms with van der Waals surface area (Å²) in [5.41, 5.74) is 0. The number of nitrogens with zero attached hydrogens (tertiary/aromatic N) is 1. The normalized spacial score (nSPS) is 6.67. The Kier molecular flexibility index (Phi) is 4.23. The van der Waals surface area contributed by atoms with Crippen LogP contribution in [0.3, 0.4) is 0 Å². The van der Waals surface area contributed by atoms with E-state index < -0.39 is 0 Å². The minimum absolute atomic E-state index is 0.453. The quantitative estimate of drug-likeness (QED) is 0.0994. The summed E-state index contributed by atoms with van der Waals surface area (Å²) >= 11 is 0.453. The minimum Gasteiger partial charge on any atom is -0.240 e. The summed E-state index contributed by atoms with van der Waals surface area (Å²) in [7, 11) is 0. The first kappa shape index (κ1) is 5.56. The molecule has 0 aliphatic rings. The maximum Gasteiger partial charge on any atom is 0.189 e. The van der Waals surface area contributed by atoms with Gasteiger partial charge >= 0.3 is 0 Å². The van der Waals surface area contributed by atoms with Crippen molar-refractivity contribution in [2.24, 2.45) is 0 Å². The molecule has 0 spiro atoms. The van der Waals surface area contributed by atoms with Gasteiger partial charge in [0.15, 0.2) is 18.4 Å². The lowest BCUT2D eigenvalue weighted by Crippen LogP contribution is -1.88. The van der Waals surface area contributed by atoms with Crippen molar-refractivity contribution in [3.8, 4) is 6.19 Å². The van der Waals surface area contributed by atoms with Crippen LogP contribution >= 0.6 is 12.2 Å². The van der Waals surface area contributed by atoms with E-state index in [2.05, 4.69) is 4.33 Å². The number of nitrogens with one attached hydrogen (secondary N) is 1. The molecule has 2 N–H and O–H groups in total. The predicted molar refractivity (Wildman–Crippen MR) is 20.1 cm³/mol. The van der Waals surface area contributed by atoms with Gasteiger partial charge in [-0.2, -0.15) is 5.26 Å². The van der Waals surface area contributed by atoms with Crippen LogP contribution in [0.25, 0.3) is 0 Å². The lowest BCUT2D eigenvalue weighted by atomic mass is 11.5. The molecule has 4 nitrogen and oxygen atoms in total. The molecule has 0 aliphatic carbocycles. The van der Waals surface area contributed by atoms with Crippen molar-refractivity contribution in [2.45, 2.75) is 0 Å². The fourth-order valence-electron chi connectivity index (χ4n) is 0.0373. The van der Waals surface area contributed by atoms with E-state index in [1.54, 1.807) is 0 Å². The topological polar surface area (TPSA) is 65.3 Å². The van der Waals surface area contributed by atoms with Crippen molar-refractivity contribution in [1.82, 2.24) is 4.72 Å². The Morgan fingerprint density at radius 1 is 2.00 bits per heavy atom. The van der Waals surface area contributed by atoms with Crippen molar-refractivity contribution >= 4 is 12.2 Å². The Morgan fingerprint density at radius 3 is 2.83 bits per heavy atom. The highest BCUT2D eigenvalue weighted by Gasteiger charge is 1.72. The number of hydrogen-bond donors (Lipinski definition) is 2. The van der Waals surface area contributed by atoms with Gasteiger partial charge < -0.3 is 0 Å². The first-order valence-corrected chi connectivity index (χ1v) is 1.77. The maximum atomic E-state index is 7.62. The molecule has 0 heterocycles. The molecule has 0 aromatic heterocycles. The van der Waals surface area contributed by atoms with Crippen LogP contribution in [0.5, 0.6) is 0 Å². The van der Waals surface area contributed by atoms with Gasteiger partial charge in [-0.05, 0) is 0 Å². The summed E-state index contributed by atoms with van der Waals surface area (Å²) in [5.74, 6) is 0. The molecule has 0 unspecified atom stereocenters. The molecule has 0 aromatic rings. The molecule has 0 bridgehead atoms. The van der Waals surface area contributed by atoms with Gasteiger partial charge in [-0.15, -0.1) is 4.33 Å². The zero-order valence-corrected chi connectivity index (χ0v) is 3.53. The molecule has 0 atom stereocenters. The number of nitriles is 1. The van der Waals surface area contributed by atoms with Crippen LogP contribution < -0.4 is 4.72 Å². The summed E-state index contributed by atoms with van der Waals surface area (Å²) < 4.78 is 5.31. The fourth-order valence-corrected chi connectivity index (χ4v) is 0.112. The largest absolute Gasteiger partial charge is 0.240 e. The van der Waals surface area contributed by atoms with Gasteiger partial charge in [0.25, 0.3) is 0 Å². The van der Waals surface area contributed by atoms with Gasteiger partial charge in [-0.25, -0.2) is 9.98 Å². The van der Waals surface area contributed by atoms with Gasteiger partial charge in [0.05, 0.1) is 0 Å². The highest BCUT2D eigenvalue weighted by Crippen LogP contribution is 1.85. The molecular weight excluding hydrogens is 104 g/mol. The van der Waals surface area contributed by atoms with E-state index in [9.17, 15) is 0 Å². The highest BCUT2D eigenvalue weighted by atomic mass is 32.2. The third-order valence-electron chi connectivity index (χ3n) is 0.125. The monoisotopic (exact) mass is 106 g/mol. The molecule has 5 heteroatoms. The molecule has 0 saturated carbocycles. The Bertz CT molecular complexity index is 59.1. The third-order valence-corrected chi connectivity index (χ3v) is 0.374. The number of rotatable bonds is 2.